The minimum Gasteiger partial charge on any atom is -0.489 e. The Kier molecular flexibility index (Phi) is 4.31. The lowest BCUT2D eigenvalue weighted by molar-refractivity contribution is -0.137. The third-order valence-electron chi connectivity index (χ3n) is 6.28. The molecule has 1 spiro atoms. The second-order valence-electron chi connectivity index (χ2n) is 8.49. The molecule has 4 nitrogen and oxygen atoms in total. The van der Waals surface area contributed by atoms with Crippen LogP contribution in [-0.2, 0) is 17.6 Å². The molecular weight excluding hydrogens is 393 g/mol. The van der Waals surface area contributed by atoms with Gasteiger partial charge in [-0.15, -0.1) is 0 Å². The van der Waals surface area contributed by atoms with Gasteiger partial charge in [0, 0.05) is 23.0 Å². The van der Waals surface area contributed by atoms with Crippen molar-refractivity contribution in [1.82, 2.24) is 4.98 Å². The van der Waals surface area contributed by atoms with Gasteiger partial charge in [0.05, 0.1) is 11.3 Å². The summed E-state index contributed by atoms with van der Waals surface area (Å²) in [6.07, 6.45) is 1.91. The molecule has 156 valence electrons. The molecule has 7 heteroatoms. The van der Waals surface area contributed by atoms with Crippen LogP contribution >= 0.6 is 0 Å². The largest absolute Gasteiger partial charge is 0.489 e. The Morgan fingerprint density at radius 1 is 1.13 bits per heavy atom. The van der Waals surface area contributed by atoms with Crippen molar-refractivity contribution in [3.8, 4) is 5.75 Å². The van der Waals surface area contributed by atoms with Gasteiger partial charge in [-0.25, -0.2) is 0 Å². The number of carbonyl (C=O) groups excluding carboxylic acids is 1. The predicted octanol–water partition coefficient (Wildman–Crippen LogP) is 5.89. The van der Waals surface area contributed by atoms with Crippen LogP contribution in [-0.4, -0.2) is 10.9 Å². The lowest BCUT2D eigenvalue weighted by atomic mass is 9.71. The van der Waals surface area contributed by atoms with Crippen LogP contribution in [0.25, 0.3) is 10.9 Å². The quantitative estimate of drug-likeness (QED) is 0.547. The molecule has 1 amide bonds. The van der Waals surface area contributed by atoms with Gasteiger partial charge in [0.15, 0.2) is 0 Å². The molecule has 2 aromatic carbocycles. The number of ether oxygens (including phenoxy) is 1. The van der Waals surface area contributed by atoms with E-state index in [-0.39, 0.29) is 18.4 Å². The summed E-state index contributed by atoms with van der Waals surface area (Å²) in [5.41, 5.74) is 2.02. The number of aromatic nitrogens is 1. The highest BCUT2D eigenvalue weighted by Gasteiger charge is 2.54. The molecule has 2 saturated carbocycles. The summed E-state index contributed by atoms with van der Waals surface area (Å²) >= 11 is 0. The number of alkyl halides is 3. The van der Waals surface area contributed by atoms with Crippen molar-refractivity contribution in [3.05, 3.63) is 59.8 Å². The SMILES string of the molecule is O=C(Nc1c[nH]c2ccc(OCc3ccc(C(F)(F)F)cc3)cc12)C1CC2(CC2)C1. The summed E-state index contributed by atoms with van der Waals surface area (Å²) < 4.78 is 43.8. The van der Waals surface area contributed by atoms with Gasteiger partial charge < -0.3 is 15.0 Å². The summed E-state index contributed by atoms with van der Waals surface area (Å²) in [7, 11) is 0. The number of halogens is 3. The van der Waals surface area contributed by atoms with Gasteiger partial charge in [-0.3, -0.25) is 4.79 Å². The molecule has 0 atom stereocenters. The average Bonchev–Trinajstić information content (AvgIpc) is 3.41. The molecule has 0 radical (unpaired) electrons. The van der Waals surface area contributed by atoms with Crippen LogP contribution in [0.4, 0.5) is 18.9 Å². The Morgan fingerprint density at radius 3 is 2.53 bits per heavy atom. The minimum atomic E-state index is -4.35. The zero-order chi connectivity index (χ0) is 20.9. The summed E-state index contributed by atoms with van der Waals surface area (Å²) in [4.78, 5) is 15.7. The molecule has 0 saturated heterocycles. The first kappa shape index (κ1) is 19.0. The van der Waals surface area contributed by atoms with Gasteiger partial charge in [0.1, 0.15) is 12.4 Å². The fourth-order valence-electron chi connectivity index (χ4n) is 4.24. The highest BCUT2D eigenvalue weighted by molar-refractivity contribution is 6.03. The normalized spacial score (nSPS) is 17.7. The third kappa shape index (κ3) is 3.64. The van der Waals surface area contributed by atoms with Crippen molar-refractivity contribution in [3.63, 3.8) is 0 Å². The van der Waals surface area contributed by atoms with Gasteiger partial charge in [-0.2, -0.15) is 13.2 Å². The van der Waals surface area contributed by atoms with E-state index in [1.807, 2.05) is 12.1 Å². The van der Waals surface area contributed by atoms with E-state index in [0.29, 0.717) is 22.4 Å². The first-order valence-corrected chi connectivity index (χ1v) is 10.0. The molecule has 1 heterocycles. The zero-order valence-corrected chi connectivity index (χ0v) is 16.2. The lowest BCUT2D eigenvalue weighted by Gasteiger charge is -2.34. The molecule has 0 unspecified atom stereocenters. The molecule has 2 fully saturated rings. The molecular formula is C23H21F3N2O2. The standard InChI is InChI=1S/C23H21F3N2O2/c24-23(25,26)16-3-1-14(2-4-16)13-30-17-5-6-19-18(9-17)20(12-27-19)28-21(29)15-10-22(11-15)7-8-22/h1-6,9,12,15,27H,7-8,10-11,13H2,(H,28,29). The first-order chi connectivity index (χ1) is 14.3. The van der Waals surface area contributed by atoms with E-state index in [4.69, 9.17) is 4.74 Å². The van der Waals surface area contributed by atoms with Crippen LogP contribution in [0.1, 0.15) is 36.8 Å². The fourth-order valence-corrected chi connectivity index (χ4v) is 4.24. The maximum Gasteiger partial charge on any atom is 0.416 e. The van der Waals surface area contributed by atoms with Gasteiger partial charge >= 0.3 is 6.18 Å². The number of amides is 1. The molecule has 3 aromatic rings. The average molecular weight is 414 g/mol. The number of anilines is 1. The second kappa shape index (κ2) is 6.79. The molecule has 5 rings (SSSR count). The van der Waals surface area contributed by atoms with E-state index in [1.54, 1.807) is 12.3 Å². The number of fused-ring (bicyclic) bond motifs is 1. The van der Waals surface area contributed by atoms with E-state index < -0.39 is 11.7 Å². The topological polar surface area (TPSA) is 54.1 Å². The van der Waals surface area contributed by atoms with Crippen molar-refractivity contribution in [2.45, 2.75) is 38.5 Å². The Balaban J connectivity index is 1.25. The highest BCUT2D eigenvalue weighted by atomic mass is 19.4. The summed E-state index contributed by atoms with van der Waals surface area (Å²) in [5.74, 6) is 0.735. The Labute approximate surface area is 171 Å². The number of nitrogens with one attached hydrogen (secondary N) is 2. The summed E-state index contributed by atoms with van der Waals surface area (Å²) in [6, 6.07) is 10.4. The first-order valence-electron chi connectivity index (χ1n) is 10.0. The van der Waals surface area contributed by atoms with Crippen LogP contribution in [0.5, 0.6) is 5.75 Å². The number of hydrogen-bond donors (Lipinski definition) is 2. The van der Waals surface area contributed by atoms with Crippen molar-refractivity contribution in [2.24, 2.45) is 11.3 Å². The molecule has 2 aliphatic carbocycles. The summed E-state index contributed by atoms with van der Waals surface area (Å²) in [5, 5.41) is 3.86. The van der Waals surface area contributed by atoms with E-state index in [9.17, 15) is 18.0 Å². The van der Waals surface area contributed by atoms with Crippen molar-refractivity contribution in [1.29, 1.82) is 0 Å². The van der Waals surface area contributed by atoms with Crippen LogP contribution in [0.2, 0.25) is 0 Å². The highest BCUT2D eigenvalue weighted by Crippen LogP contribution is 2.63. The summed E-state index contributed by atoms with van der Waals surface area (Å²) in [6.45, 7) is 0.153. The Morgan fingerprint density at radius 2 is 1.87 bits per heavy atom. The van der Waals surface area contributed by atoms with Gasteiger partial charge in [-0.05, 0) is 67.0 Å². The maximum atomic E-state index is 12.7. The monoisotopic (exact) mass is 414 g/mol. The van der Waals surface area contributed by atoms with Crippen molar-refractivity contribution >= 4 is 22.5 Å². The van der Waals surface area contributed by atoms with Gasteiger partial charge in [-0.1, -0.05) is 12.1 Å². The molecule has 1 aromatic heterocycles. The Bertz CT molecular complexity index is 1090. The van der Waals surface area contributed by atoms with Crippen LogP contribution < -0.4 is 10.1 Å². The minimum absolute atomic E-state index is 0.0597. The van der Waals surface area contributed by atoms with Crippen LogP contribution in [0, 0.1) is 11.3 Å². The molecule has 0 bridgehead atoms. The van der Waals surface area contributed by atoms with Gasteiger partial charge in [0.2, 0.25) is 5.91 Å². The smallest absolute Gasteiger partial charge is 0.416 e. The molecule has 0 aliphatic heterocycles. The lowest BCUT2D eigenvalue weighted by Crippen LogP contribution is -2.35. The number of carbonyl (C=O) groups is 1. The number of rotatable bonds is 5. The molecule has 2 aliphatic rings. The van der Waals surface area contributed by atoms with E-state index in [0.717, 1.165) is 35.9 Å². The number of benzene rings is 2. The third-order valence-corrected chi connectivity index (χ3v) is 6.28. The molecule has 2 N–H and O–H groups in total. The number of H-pyrrole nitrogens is 1. The van der Waals surface area contributed by atoms with Crippen LogP contribution in [0.3, 0.4) is 0 Å². The van der Waals surface area contributed by atoms with Crippen LogP contribution in [0.15, 0.2) is 48.7 Å². The maximum absolute atomic E-state index is 12.7. The Hall–Kier alpha value is -2.96. The van der Waals surface area contributed by atoms with E-state index in [2.05, 4.69) is 10.3 Å². The van der Waals surface area contributed by atoms with Gasteiger partial charge in [0.25, 0.3) is 0 Å². The molecule has 30 heavy (non-hydrogen) atoms. The van der Waals surface area contributed by atoms with E-state index in [1.165, 1.54) is 25.0 Å². The van der Waals surface area contributed by atoms with Crippen molar-refractivity contribution in [2.75, 3.05) is 5.32 Å². The predicted molar refractivity (Wildman–Crippen MR) is 107 cm³/mol. The van der Waals surface area contributed by atoms with E-state index >= 15 is 0 Å². The fraction of sp³-hybridized carbons (Fsp3) is 0.348. The number of aromatic amines is 1. The zero-order valence-electron chi connectivity index (χ0n) is 16.2. The second-order valence-corrected chi connectivity index (χ2v) is 8.49. The van der Waals surface area contributed by atoms with Crippen molar-refractivity contribution < 1.29 is 22.7 Å². The number of hydrogen-bond acceptors (Lipinski definition) is 2.